The molecule has 0 amide bonds. The average Bonchev–Trinajstić information content (AvgIpc) is 1.95. The molecule has 0 aromatic rings. The van der Waals surface area contributed by atoms with Gasteiger partial charge in [0, 0.05) is 26.2 Å². The van der Waals surface area contributed by atoms with Crippen LogP contribution in [0.2, 0.25) is 0 Å². The molecule has 2 N–H and O–H groups in total. The van der Waals surface area contributed by atoms with Crippen LogP contribution < -0.4 is 0 Å². The molecule has 2 aliphatic rings. The maximum atomic E-state index is 10.5. The van der Waals surface area contributed by atoms with Crippen molar-refractivity contribution in [3.05, 3.63) is 0 Å². The molecule has 6 nitrogen and oxygen atoms in total. The first-order valence-corrected chi connectivity index (χ1v) is 4.96. The Morgan fingerprint density at radius 3 is 1.53 bits per heavy atom. The number of hydrogen-bond donors (Lipinski definition) is 2. The Labute approximate surface area is 87.1 Å². The van der Waals surface area contributed by atoms with Gasteiger partial charge in [-0.2, -0.15) is 0 Å². The quantitative estimate of drug-likeness (QED) is 0.623. The highest BCUT2D eigenvalue weighted by Crippen LogP contribution is 2.20. The van der Waals surface area contributed by atoms with Crippen LogP contribution in [0, 0.1) is 11.8 Å². The second-order valence-electron chi connectivity index (χ2n) is 4.28. The number of carboxylic acid groups (broad SMARTS) is 2. The number of carbonyl (C=O) groups is 2. The van der Waals surface area contributed by atoms with E-state index in [1.54, 1.807) is 0 Å². The molecule has 2 fully saturated rings. The molecule has 84 valence electrons. The second-order valence-corrected chi connectivity index (χ2v) is 4.28. The molecule has 0 atom stereocenters. The van der Waals surface area contributed by atoms with Crippen LogP contribution in [0.1, 0.15) is 0 Å². The SMILES string of the molecule is O=C(O)C1CN(CN2CC(C(=O)O)C2)C1. The molecule has 2 rings (SSSR count). The molecule has 0 bridgehead atoms. The molecule has 2 heterocycles. The first kappa shape index (κ1) is 10.4. The maximum Gasteiger partial charge on any atom is 0.309 e. The van der Waals surface area contributed by atoms with Crippen LogP contribution in [0.5, 0.6) is 0 Å². The molecular weight excluding hydrogens is 200 g/mol. The predicted molar refractivity (Wildman–Crippen MR) is 50.3 cm³/mol. The highest BCUT2D eigenvalue weighted by atomic mass is 16.4. The molecule has 2 aliphatic heterocycles. The van der Waals surface area contributed by atoms with E-state index in [0.29, 0.717) is 32.8 Å². The molecule has 0 saturated carbocycles. The number of rotatable bonds is 4. The monoisotopic (exact) mass is 214 g/mol. The Kier molecular flexibility index (Phi) is 2.62. The van der Waals surface area contributed by atoms with Crippen molar-refractivity contribution in [2.45, 2.75) is 0 Å². The summed E-state index contributed by atoms with van der Waals surface area (Å²) in [6.45, 7) is 3.05. The van der Waals surface area contributed by atoms with Gasteiger partial charge in [-0.15, -0.1) is 0 Å². The lowest BCUT2D eigenvalue weighted by molar-refractivity contribution is -0.152. The van der Waals surface area contributed by atoms with Crippen molar-refractivity contribution >= 4 is 11.9 Å². The molecular formula is C9H14N2O4. The van der Waals surface area contributed by atoms with Crippen molar-refractivity contribution in [1.29, 1.82) is 0 Å². The zero-order valence-electron chi connectivity index (χ0n) is 8.30. The number of nitrogens with zero attached hydrogens (tertiary/aromatic N) is 2. The number of carboxylic acids is 2. The molecule has 0 spiro atoms. The van der Waals surface area contributed by atoms with Gasteiger partial charge in [0.25, 0.3) is 0 Å². The zero-order valence-corrected chi connectivity index (χ0v) is 8.30. The van der Waals surface area contributed by atoms with Crippen LogP contribution in [0.3, 0.4) is 0 Å². The van der Waals surface area contributed by atoms with E-state index in [-0.39, 0.29) is 11.8 Å². The molecule has 0 aliphatic carbocycles. The van der Waals surface area contributed by atoms with Gasteiger partial charge in [-0.05, 0) is 0 Å². The summed E-state index contributed by atoms with van der Waals surface area (Å²) in [6.07, 6.45) is 0. The molecule has 0 radical (unpaired) electrons. The maximum absolute atomic E-state index is 10.5. The zero-order chi connectivity index (χ0) is 11.0. The Hall–Kier alpha value is -1.14. The number of aliphatic carboxylic acids is 2. The van der Waals surface area contributed by atoms with Crippen LogP contribution >= 0.6 is 0 Å². The van der Waals surface area contributed by atoms with E-state index in [2.05, 4.69) is 0 Å². The van der Waals surface area contributed by atoms with Gasteiger partial charge < -0.3 is 10.2 Å². The fourth-order valence-corrected chi connectivity index (χ4v) is 1.97. The van der Waals surface area contributed by atoms with Gasteiger partial charge in [0.05, 0.1) is 18.5 Å². The summed E-state index contributed by atoms with van der Waals surface area (Å²) in [5.74, 6) is -1.94. The van der Waals surface area contributed by atoms with Gasteiger partial charge in [0.15, 0.2) is 0 Å². The largest absolute Gasteiger partial charge is 0.481 e. The van der Waals surface area contributed by atoms with Gasteiger partial charge in [-0.1, -0.05) is 0 Å². The standard InChI is InChI=1S/C9H14N2O4/c12-8(13)6-1-10(2-6)5-11-3-7(4-11)9(14)15/h6-7H,1-5H2,(H,12,13)(H,14,15). The van der Waals surface area contributed by atoms with Gasteiger partial charge in [-0.25, -0.2) is 0 Å². The summed E-state index contributed by atoms with van der Waals surface area (Å²) in [7, 11) is 0. The smallest absolute Gasteiger partial charge is 0.309 e. The summed E-state index contributed by atoms with van der Waals surface area (Å²) < 4.78 is 0. The first-order chi connectivity index (χ1) is 7.06. The molecule has 0 unspecified atom stereocenters. The van der Waals surface area contributed by atoms with Gasteiger partial charge in [0.1, 0.15) is 0 Å². The van der Waals surface area contributed by atoms with E-state index in [1.165, 1.54) is 0 Å². The minimum atomic E-state index is -0.738. The normalized spacial score (nSPS) is 24.5. The molecule has 6 heteroatoms. The van der Waals surface area contributed by atoms with Crippen molar-refractivity contribution in [2.24, 2.45) is 11.8 Å². The fourth-order valence-electron chi connectivity index (χ4n) is 1.97. The number of likely N-dealkylation sites (tertiary alicyclic amines) is 2. The van der Waals surface area contributed by atoms with E-state index in [0.717, 1.165) is 0 Å². The Bertz CT molecular complexity index is 254. The van der Waals surface area contributed by atoms with E-state index in [9.17, 15) is 9.59 Å². The third kappa shape index (κ3) is 2.10. The summed E-state index contributed by atoms with van der Waals surface area (Å²) in [4.78, 5) is 25.1. The first-order valence-electron chi connectivity index (χ1n) is 4.96. The van der Waals surface area contributed by atoms with Crippen LogP contribution in [0.15, 0.2) is 0 Å². The minimum absolute atomic E-state index is 0.235. The Morgan fingerprint density at radius 2 is 1.27 bits per heavy atom. The van der Waals surface area contributed by atoms with Crippen LogP contribution in [-0.2, 0) is 9.59 Å². The third-order valence-electron chi connectivity index (χ3n) is 3.01. The van der Waals surface area contributed by atoms with E-state index < -0.39 is 11.9 Å². The average molecular weight is 214 g/mol. The van der Waals surface area contributed by atoms with Gasteiger partial charge in [0.2, 0.25) is 0 Å². The second kappa shape index (κ2) is 3.79. The molecule has 2 saturated heterocycles. The van der Waals surface area contributed by atoms with E-state index in [4.69, 9.17) is 10.2 Å². The van der Waals surface area contributed by atoms with Gasteiger partial charge in [-0.3, -0.25) is 19.4 Å². The highest BCUT2D eigenvalue weighted by Gasteiger charge is 2.37. The third-order valence-corrected chi connectivity index (χ3v) is 3.01. The van der Waals surface area contributed by atoms with Crippen molar-refractivity contribution in [3.63, 3.8) is 0 Å². The topological polar surface area (TPSA) is 81.1 Å². The summed E-state index contributed by atoms with van der Waals surface area (Å²) in [5, 5.41) is 17.3. The Balaban J connectivity index is 1.62. The lowest BCUT2D eigenvalue weighted by Gasteiger charge is -2.44. The van der Waals surface area contributed by atoms with E-state index >= 15 is 0 Å². The minimum Gasteiger partial charge on any atom is -0.481 e. The Morgan fingerprint density at radius 1 is 0.933 bits per heavy atom. The van der Waals surface area contributed by atoms with Gasteiger partial charge >= 0.3 is 11.9 Å². The van der Waals surface area contributed by atoms with Crippen molar-refractivity contribution in [3.8, 4) is 0 Å². The predicted octanol–water partition coefficient (Wildman–Crippen LogP) is -1.02. The number of hydrogen-bond acceptors (Lipinski definition) is 4. The van der Waals surface area contributed by atoms with Crippen molar-refractivity contribution < 1.29 is 19.8 Å². The van der Waals surface area contributed by atoms with E-state index in [1.807, 2.05) is 9.80 Å². The van der Waals surface area contributed by atoms with Crippen LogP contribution in [0.25, 0.3) is 0 Å². The highest BCUT2D eigenvalue weighted by molar-refractivity contribution is 5.72. The fraction of sp³-hybridized carbons (Fsp3) is 0.778. The van der Waals surface area contributed by atoms with Crippen molar-refractivity contribution in [2.75, 3.05) is 32.8 Å². The molecule has 0 aromatic heterocycles. The van der Waals surface area contributed by atoms with Crippen LogP contribution in [0.4, 0.5) is 0 Å². The lowest BCUT2D eigenvalue weighted by Crippen LogP contribution is -2.59. The molecule has 0 aromatic carbocycles. The lowest BCUT2D eigenvalue weighted by atomic mass is 9.99. The molecule has 15 heavy (non-hydrogen) atoms. The van der Waals surface area contributed by atoms with Crippen molar-refractivity contribution in [1.82, 2.24) is 9.80 Å². The summed E-state index contributed by atoms with van der Waals surface area (Å²) in [6, 6.07) is 0. The summed E-state index contributed by atoms with van der Waals surface area (Å²) >= 11 is 0. The van der Waals surface area contributed by atoms with Crippen LogP contribution in [-0.4, -0.2) is 64.8 Å². The summed E-state index contributed by atoms with van der Waals surface area (Å²) in [5.41, 5.74) is 0.